The Morgan fingerprint density at radius 3 is 2.32 bits per heavy atom. The highest BCUT2D eigenvalue weighted by Gasteiger charge is 2.07. The molecule has 0 aliphatic carbocycles. The van der Waals surface area contributed by atoms with Gasteiger partial charge in [0.25, 0.3) is 0 Å². The normalized spacial score (nSPS) is 11.9. The molecule has 1 aromatic heterocycles. The molecule has 0 N–H and O–H groups in total. The third-order valence-corrected chi connectivity index (χ3v) is 5.58. The summed E-state index contributed by atoms with van der Waals surface area (Å²) >= 11 is 1.89. The summed E-state index contributed by atoms with van der Waals surface area (Å²) in [7, 11) is 0. The van der Waals surface area contributed by atoms with Gasteiger partial charge in [0, 0.05) is 20.2 Å². The molecule has 0 saturated carbocycles. The van der Waals surface area contributed by atoms with Gasteiger partial charge in [0.1, 0.15) is 0 Å². The van der Waals surface area contributed by atoms with Crippen molar-refractivity contribution in [1.29, 1.82) is 0 Å². The van der Waals surface area contributed by atoms with E-state index in [1.54, 1.807) is 0 Å². The molecule has 0 amide bonds. The van der Waals surface area contributed by atoms with Crippen LogP contribution in [0.1, 0.15) is 5.56 Å². The fourth-order valence-electron chi connectivity index (χ4n) is 3.34. The van der Waals surface area contributed by atoms with Gasteiger partial charge in [-0.25, -0.2) is 0 Å². The molecule has 1 heterocycles. The number of benzene rings is 4. The molecule has 5 aromatic rings. The lowest BCUT2D eigenvalue weighted by atomic mass is 10.0. The van der Waals surface area contributed by atoms with Crippen molar-refractivity contribution in [2.24, 2.45) is 0 Å². The highest BCUT2D eigenvalue weighted by Crippen LogP contribution is 2.37. The molecule has 0 fully saturated rings. The summed E-state index contributed by atoms with van der Waals surface area (Å²) in [5.74, 6) is 0. The Bertz CT molecular complexity index is 1180. The summed E-state index contributed by atoms with van der Waals surface area (Å²) in [5, 5.41) is 8.04. The fraction of sp³-hybridized carbons (Fsp3) is 0.0476. The van der Waals surface area contributed by atoms with Crippen LogP contribution >= 0.6 is 11.3 Å². The Labute approximate surface area is 132 Å². The van der Waals surface area contributed by atoms with Crippen molar-refractivity contribution >= 4 is 53.1 Å². The predicted molar refractivity (Wildman–Crippen MR) is 99.1 cm³/mol. The predicted octanol–water partition coefficient (Wildman–Crippen LogP) is 6.67. The lowest BCUT2D eigenvalue weighted by Crippen LogP contribution is -1.78. The number of aryl methyl sites for hydroxylation is 1. The third kappa shape index (κ3) is 1.69. The summed E-state index contributed by atoms with van der Waals surface area (Å²) in [4.78, 5) is 0. The number of rotatable bonds is 0. The minimum Gasteiger partial charge on any atom is -0.135 e. The molecule has 5 rings (SSSR count). The minimum absolute atomic E-state index is 1.31. The molecular weight excluding hydrogens is 284 g/mol. The molecule has 0 aliphatic heterocycles. The molecule has 0 radical (unpaired) electrons. The first kappa shape index (κ1) is 12.2. The van der Waals surface area contributed by atoms with E-state index in [4.69, 9.17) is 0 Å². The first-order chi connectivity index (χ1) is 10.8. The summed E-state index contributed by atoms with van der Waals surface area (Å²) in [6.07, 6.45) is 0. The Balaban J connectivity index is 1.95. The SMILES string of the molecule is Cc1ccc2cc3cc4c(cc3cc2c1)sc1ccccc14. The molecule has 0 bridgehead atoms. The molecule has 0 spiro atoms. The number of thiophene rings is 1. The molecule has 0 unspecified atom stereocenters. The van der Waals surface area contributed by atoms with E-state index < -0.39 is 0 Å². The molecule has 0 aliphatic rings. The molecule has 1 heteroatoms. The average molecular weight is 298 g/mol. The summed E-state index contributed by atoms with van der Waals surface area (Å²) in [6, 6.07) is 24.7. The average Bonchev–Trinajstić information content (AvgIpc) is 2.88. The monoisotopic (exact) mass is 298 g/mol. The van der Waals surface area contributed by atoms with Crippen molar-refractivity contribution in [3.05, 3.63) is 72.3 Å². The van der Waals surface area contributed by atoms with Gasteiger partial charge in [-0.1, -0.05) is 42.0 Å². The Hall–Kier alpha value is -2.38. The van der Waals surface area contributed by atoms with Crippen LogP contribution in [0.2, 0.25) is 0 Å². The minimum atomic E-state index is 1.31. The molecular formula is C21H14S. The van der Waals surface area contributed by atoms with E-state index in [9.17, 15) is 0 Å². The Morgan fingerprint density at radius 1 is 0.591 bits per heavy atom. The number of fused-ring (bicyclic) bond motifs is 5. The topological polar surface area (TPSA) is 0 Å². The van der Waals surface area contributed by atoms with E-state index in [0.717, 1.165) is 0 Å². The van der Waals surface area contributed by atoms with E-state index in [2.05, 4.69) is 73.7 Å². The highest BCUT2D eigenvalue weighted by molar-refractivity contribution is 7.25. The molecule has 0 saturated heterocycles. The van der Waals surface area contributed by atoms with Crippen LogP contribution in [0.25, 0.3) is 41.7 Å². The zero-order valence-electron chi connectivity index (χ0n) is 12.3. The first-order valence-corrected chi connectivity index (χ1v) is 8.35. The maximum absolute atomic E-state index is 2.35. The smallest absolute Gasteiger partial charge is 0.0361 e. The number of hydrogen-bond donors (Lipinski definition) is 0. The van der Waals surface area contributed by atoms with Gasteiger partial charge in [-0.15, -0.1) is 11.3 Å². The highest BCUT2D eigenvalue weighted by atomic mass is 32.1. The van der Waals surface area contributed by atoms with E-state index in [1.807, 2.05) is 11.3 Å². The van der Waals surface area contributed by atoms with Gasteiger partial charge < -0.3 is 0 Å². The van der Waals surface area contributed by atoms with Gasteiger partial charge in [0.05, 0.1) is 0 Å². The molecule has 22 heavy (non-hydrogen) atoms. The van der Waals surface area contributed by atoms with Crippen LogP contribution in [0.3, 0.4) is 0 Å². The second-order valence-corrected chi connectivity index (χ2v) is 7.08. The lowest BCUT2D eigenvalue weighted by molar-refractivity contribution is 1.51. The Morgan fingerprint density at radius 2 is 1.36 bits per heavy atom. The molecule has 0 nitrogen and oxygen atoms in total. The van der Waals surface area contributed by atoms with Crippen molar-refractivity contribution in [2.75, 3.05) is 0 Å². The lowest BCUT2D eigenvalue weighted by Gasteiger charge is -2.04. The zero-order valence-corrected chi connectivity index (χ0v) is 13.1. The summed E-state index contributed by atoms with van der Waals surface area (Å²) in [5.41, 5.74) is 1.31. The fourth-order valence-corrected chi connectivity index (χ4v) is 4.48. The van der Waals surface area contributed by atoms with Crippen LogP contribution in [-0.4, -0.2) is 0 Å². The van der Waals surface area contributed by atoms with Gasteiger partial charge >= 0.3 is 0 Å². The molecule has 104 valence electrons. The van der Waals surface area contributed by atoms with Crippen LogP contribution in [0.15, 0.2) is 66.7 Å². The second-order valence-electron chi connectivity index (χ2n) is 6.00. The van der Waals surface area contributed by atoms with Crippen LogP contribution < -0.4 is 0 Å². The Kier molecular flexibility index (Phi) is 2.39. The quantitative estimate of drug-likeness (QED) is 0.280. The summed E-state index contributed by atoms with van der Waals surface area (Å²) in [6.45, 7) is 2.15. The maximum Gasteiger partial charge on any atom is 0.0361 e. The van der Waals surface area contributed by atoms with Crippen molar-refractivity contribution in [2.45, 2.75) is 6.92 Å². The van der Waals surface area contributed by atoms with E-state index in [0.29, 0.717) is 0 Å². The standard InChI is InChI=1S/C21H14S/c1-13-6-7-14-9-16-11-19-18-4-2-3-5-20(18)22-21(19)12-17(16)10-15(14)8-13/h2-12H,1H3. The van der Waals surface area contributed by atoms with Crippen molar-refractivity contribution in [3.8, 4) is 0 Å². The van der Waals surface area contributed by atoms with Gasteiger partial charge in [0.15, 0.2) is 0 Å². The van der Waals surface area contributed by atoms with Crippen molar-refractivity contribution in [1.82, 2.24) is 0 Å². The zero-order chi connectivity index (χ0) is 14.7. The van der Waals surface area contributed by atoms with Crippen LogP contribution in [-0.2, 0) is 0 Å². The van der Waals surface area contributed by atoms with Crippen LogP contribution in [0.4, 0.5) is 0 Å². The van der Waals surface area contributed by atoms with Gasteiger partial charge in [0.2, 0.25) is 0 Å². The van der Waals surface area contributed by atoms with Gasteiger partial charge in [-0.3, -0.25) is 0 Å². The second kappa shape index (κ2) is 4.31. The van der Waals surface area contributed by atoms with Crippen LogP contribution in [0, 0.1) is 6.92 Å². The third-order valence-electron chi connectivity index (χ3n) is 4.45. The molecule has 0 atom stereocenters. The van der Waals surface area contributed by atoms with Crippen molar-refractivity contribution < 1.29 is 0 Å². The number of hydrogen-bond acceptors (Lipinski definition) is 1. The first-order valence-electron chi connectivity index (χ1n) is 7.53. The van der Waals surface area contributed by atoms with E-state index in [-0.39, 0.29) is 0 Å². The van der Waals surface area contributed by atoms with Crippen LogP contribution in [0.5, 0.6) is 0 Å². The van der Waals surface area contributed by atoms with Crippen molar-refractivity contribution in [3.63, 3.8) is 0 Å². The largest absolute Gasteiger partial charge is 0.135 e. The van der Waals surface area contributed by atoms with E-state index >= 15 is 0 Å². The van der Waals surface area contributed by atoms with Gasteiger partial charge in [-0.2, -0.15) is 0 Å². The summed E-state index contributed by atoms with van der Waals surface area (Å²) < 4.78 is 2.74. The molecule has 4 aromatic carbocycles. The van der Waals surface area contributed by atoms with Gasteiger partial charge in [-0.05, 0) is 58.8 Å². The van der Waals surface area contributed by atoms with E-state index in [1.165, 1.54) is 47.3 Å². The maximum atomic E-state index is 2.35.